The van der Waals surface area contributed by atoms with Gasteiger partial charge in [0.15, 0.2) is 0 Å². The van der Waals surface area contributed by atoms with Crippen molar-refractivity contribution < 1.29 is 4.74 Å². The van der Waals surface area contributed by atoms with Gasteiger partial charge in [-0.1, -0.05) is 30.4 Å². The van der Waals surface area contributed by atoms with E-state index in [1.54, 1.807) is 0 Å². The van der Waals surface area contributed by atoms with Crippen molar-refractivity contribution in [3.8, 4) is 0 Å². The Kier molecular flexibility index (Phi) is 4.46. The first kappa shape index (κ1) is 14.9. The largest absolute Gasteiger partial charge is 0.379 e. The van der Waals surface area contributed by atoms with Gasteiger partial charge in [0.25, 0.3) is 0 Å². The number of rotatable bonds is 4. The minimum absolute atomic E-state index is 0.584. The average Bonchev–Trinajstić information content (AvgIpc) is 3.06. The van der Waals surface area contributed by atoms with E-state index in [0.717, 1.165) is 32.8 Å². The molecule has 4 nitrogen and oxygen atoms in total. The van der Waals surface area contributed by atoms with E-state index in [4.69, 9.17) is 4.74 Å². The predicted octanol–water partition coefficient (Wildman–Crippen LogP) is 2.42. The van der Waals surface area contributed by atoms with Crippen LogP contribution in [0.25, 0.3) is 0 Å². The van der Waals surface area contributed by atoms with Crippen LogP contribution in [0.4, 0.5) is 5.69 Å². The lowest BCUT2D eigenvalue weighted by Crippen LogP contribution is -2.38. The average molecular weight is 311 g/mol. The molecule has 3 aliphatic rings. The summed E-state index contributed by atoms with van der Waals surface area (Å²) >= 11 is 0. The molecule has 2 unspecified atom stereocenters. The van der Waals surface area contributed by atoms with Gasteiger partial charge < -0.3 is 4.74 Å². The molecule has 1 N–H and O–H groups in total. The Morgan fingerprint density at radius 1 is 1.13 bits per heavy atom. The number of hydrogen-bond acceptors (Lipinski definition) is 4. The van der Waals surface area contributed by atoms with Crippen molar-refractivity contribution in [3.05, 3.63) is 54.3 Å². The van der Waals surface area contributed by atoms with Crippen molar-refractivity contribution in [2.75, 3.05) is 44.4 Å². The highest BCUT2D eigenvalue weighted by atomic mass is 16.5. The number of ether oxygens (including phenoxy) is 1. The third-order valence-corrected chi connectivity index (χ3v) is 5.15. The Labute approximate surface area is 138 Å². The van der Waals surface area contributed by atoms with E-state index in [2.05, 4.69) is 63.9 Å². The lowest BCUT2D eigenvalue weighted by molar-refractivity contribution is 0.0355. The van der Waals surface area contributed by atoms with Crippen molar-refractivity contribution in [1.82, 2.24) is 10.3 Å². The summed E-state index contributed by atoms with van der Waals surface area (Å²) in [6.07, 6.45) is 8.12. The molecule has 0 spiro atoms. The topological polar surface area (TPSA) is 27.7 Å². The second kappa shape index (κ2) is 6.87. The molecule has 122 valence electrons. The summed E-state index contributed by atoms with van der Waals surface area (Å²) in [5.74, 6) is 1.21. The molecule has 2 atom stereocenters. The van der Waals surface area contributed by atoms with E-state index in [0.29, 0.717) is 11.8 Å². The van der Waals surface area contributed by atoms with Crippen LogP contribution in [0.5, 0.6) is 0 Å². The molecule has 2 aliphatic heterocycles. The van der Waals surface area contributed by atoms with Crippen LogP contribution in [0.15, 0.2) is 54.3 Å². The molecule has 1 aromatic rings. The zero-order chi connectivity index (χ0) is 15.5. The van der Waals surface area contributed by atoms with Crippen LogP contribution in [0.2, 0.25) is 0 Å². The summed E-state index contributed by atoms with van der Waals surface area (Å²) in [5.41, 5.74) is 6.21. The monoisotopic (exact) mass is 311 g/mol. The number of para-hydroxylation sites is 1. The number of nitrogens with one attached hydrogen (secondary N) is 1. The summed E-state index contributed by atoms with van der Waals surface area (Å²) in [5, 5.41) is 2.26. The molecular formula is C19H25N3O. The molecule has 4 heteroatoms. The lowest BCUT2D eigenvalue weighted by Gasteiger charge is -2.31. The molecule has 1 aliphatic carbocycles. The number of anilines is 1. The van der Waals surface area contributed by atoms with Crippen LogP contribution >= 0.6 is 0 Å². The summed E-state index contributed by atoms with van der Waals surface area (Å²) in [6.45, 7) is 6.14. The molecule has 0 bridgehead atoms. The van der Waals surface area contributed by atoms with Crippen molar-refractivity contribution in [1.29, 1.82) is 0 Å². The molecule has 2 fully saturated rings. The zero-order valence-corrected chi connectivity index (χ0v) is 13.5. The number of morpholine rings is 1. The van der Waals surface area contributed by atoms with Crippen molar-refractivity contribution in [2.24, 2.45) is 11.8 Å². The molecule has 23 heavy (non-hydrogen) atoms. The normalized spacial score (nSPS) is 27.8. The van der Waals surface area contributed by atoms with Crippen molar-refractivity contribution in [3.63, 3.8) is 0 Å². The minimum atomic E-state index is 0.584. The lowest BCUT2D eigenvalue weighted by atomic mass is 9.84. The minimum Gasteiger partial charge on any atom is -0.379 e. The Morgan fingerprint density at radius 3 is 2.78 bits per heavy atom. The second-order valence-electron chi connectivity index (χ2n) is 6.52. The van der Waals surface area contributed by atoms with Crippen molar-refractivity contribution >= 4 is 5.69 Å². The maximum Gasteiger partial charge on any atom is 0.0594 e. The molecule has 1 aromatic carbocycles. The van der Waals surface area contributed by atoms with Gasteiger partial charge in [0.1, 0.15) is 0 Å². The van der Waals surface area contributed by atoms with Gasteiger partial charge >= 0.3 is 0 Å². The number of allylic oxidation sites excluding steroid dienone is 3. The van der Waals surface area contributed by atoms with Gasteiger partial charge in [-0.25, -0.2) is 5.43 Å². The van der Waals surface area contributed by atoms with Crippen LogP contribution in [0.3, 0.4) is 0 Å². The maximum absolute atomic E-state index is 5.44. The molecule has 2 saturated heterocycles. The SMILES string of the molecule is C1=CC(CCN2CCOCC2)C2CNN(c3ccccc3)C2=C1. The molecular weight excluding hydrogens is 286 g/mol. The molecule has 2 heterocycles. The molecule has 4 rings (SSSR count). The Hall–Kier alpha value is -1.62. The first-order valence-electron chi connectivity index (χ1n) is 8.69. The summed E-state index contributed by atoms with van der Waals surface area (Å²) in [7, 11) is 0. The number of fused-ring (bicyclic) bond motifs is 1. The summed E-state index contributed by atoms with van der Waals surface area (Å²) < 4.78 is 5.44. The number of hydrazine groups is 1. The van der Waals surface area contributed by atoms with Gasteiger partial charge in [0.05, 0.1) is 18.9 Å². The summed E-state index contributed by atoms with van der Waals surface area (Å²) in [4.78, 5) is 2.53. The number of hydrogen-bond donors (Lipinski definition) is 1. The van der Waals surface area contributed by atoms with Gasteiger partial charge in [-0.3, -0.25) is 9.91 Å². The predicted molar refractivity (Wildman–Crippen MR) is 93.0 cm³/mol. The fraction of sp³-hybridized carbons (Fsp3) is 0.474. The Bertz CT molecular complexity index is 578. The maximum atomic E-state index is 5.44. The first-order valence-corrected chi connectivity index (χ1v) is 8.69. The highest BCUT2D eigenvalue weighted by Gasteiger charge is 2.34. The second-order valence-corrected chi connectivity index (χ2v) is 6.52. The van der Waals surface area contributed by atoms with Crippen LogP contribution in [-0.2, 0) is 4.74 Å². The van der Waals surface area contributed by atoms with Crippen LogP contribution < -0.4 is 10.4 Å². The fourth-order valence-corrected chi connectivity index (χ4v) is 3.82. The standard InChI is InChI=1S/C19H25N3O/c1-2-6-17(7-3-1)22-19-8-4-5-16(18(19)15-20-22)9-10-21-11-13-23-14-12-21/h1-8,16,18,20H,9-15H2. The molecule has 0 radical (unpaired) electrons. The van der Waals surface area contributed by atoms with Crippen molar-refractivity contribution in [2.45, 2.75) is 6.42 Å². The molecule has 0 saturated carbocycles. The van der Waals surface area contributed by atoms with Gasteiger partial charge in [-0.15, -0.1) is 0 Å². The smallest absolute Gasteiger partial charge is 0.0594 e. The van der Waals surface area contributed by atoms with Crippen LogP contribution in [0.1, 0.15) is 6.42 Å². The van der Waals surface area contributed by atoms with Gasteiger partial charge in [0.2, 0.25) is 0 Å². The first-order chi connectivity index (χ1) is 11.4. The van der Waals surface area contributed by atoms with Gasteiger partial charge in [0, 0.05) is 31.2 Å². The highest BCUT2D eigenvalue weighted by Crippen LogP contribution is 2.36. The van der Waals surface area contributed by atoms with E-state index in [1.807, 2.05) is 0 Å². The van der Waals surface area contributed by atoms with E-state index < -0.39 is 0 Å². The third kappa shape index (κ3) is 3.20. The summed E-state index contributed by atoms with van der Waals surface area (Å²) in [6, 6.07) is 10.6. The van der Waals surface area contributed by atoms with Crippen LogP contribution in [-0.4, -0.2) is 44.3 Å². The van der Waals surface area contributed by atoms with Gasteiger partial charge in [-0.2, -0.15) is 0 Å². The number of benzene rings is 1. The van der Waals surface area contributed by atoms with Gasteiger partial charge in [-0.05, 0) is 37.1 Å². The van der Waals surface area contributed by atoms with E-state index in [1.165, 1.54) is 24.4 Å². The fourth-order valence-electron chi connectivity index (χ4n) is 3.82. The van der Waals surface area contributed by atoms with E-state index in [-0.39, 0.29) is 0 Å². The zero-order valence-electron chi connectivity index (χ0n) is 13.5. The Balaban J connectivity index is 1.41. The molecule has 0 aromatic heterocycles. The Morgan fingerprint density at radius 2 is 1.96 bits per heavy atom. The van der Waals surface area contributed by atoms with E-state index >= 15 is 0 Å². The third-order valence-electron chi connectivity index (χ3n) is 5.15. The number of nitrogens with zero attached hydrogens (tertiary/aromatic N) is 2. The quantitative estimate of drug-likeness (QED) is 0.924. The van der Waals surface area contributed by atoms with Crippen LogP contribution in [0, 0.1) is 11.8 Å². The van der Waals surface area contributed by atoms with E-state index in [9.17, 15) is 0 Å². The highest BCUT2D eigenvalue weighted by molar-refractivity contribution is 5.54. The molecule has 0 amide bonds.